The molecule has 2 aromatic rings. The maximum atomic E-state index is 11.8. The van der Waals surface area contributed by atoms with Crippen LogP contribution in [-0.4, -0.2) is 24.0 Å². The molecule has 2 aromatic carbocycles. The predicted octanol–water partition coefficient (Wildman–Crippen LogP) is 3.25. The highest BCUT2D eigenvalue weighted by Crippen LogP contribution is 2.28. The van der Waals surface area contributed by atoms with Crippen LogP contribution >= 0.6 is 0 Å². The fourth-order valence-corrected chi connectivity index (χ4v) is 1.94. The second kappa shape index (κ2) is 7.84. The van der Waals surface area contributed by atoms with Crippen LogP contribution in [0.5, 0.6) is 11.5 Å². The molecular formula is C17H19N3O3. The molecule has 6 heteroatoms. The number of phenols is 1. The third-order valence-corrected chi connectivity index (χ3v) is 3.09. The molecule has 2 rings (SSSR count). The first-order valence-electron chi connectivity index (χ1n) is 7.22. The number of aromatic hydroxyl groups is 1. The van der Waals surface area contributed by atoms with Crippen LogP contribution in [-0.2, 0) is 0 Å². The molecule has 2 amide bonds. The summed E-state index contributed by atoms with van der Waals surface area (Å²) in [6.45, 7) is 4.18. The Labute approximate surface area is 134 Å². The molecule has 3 N–H and O–H groups in total. The summed E-state index contributed by atoms with van der Waals surface area (Å²) in [4.78, 5) is 11.8. The van der Waals surface area contributed by atoms with E-state index in [-0.39, 0.29) is 5.75 Å². The van der Waals surface area contributed by atoms with Crippen LogP contribution in [0.2, 0.25) is 0 Å². The number of aryl methyl sites for hydroxylation is 1. The zero-order chi connectivity index (χ0) is 16.7. The lowest BCUT2D eigenvalue weighted by Crippen LogP contribution is -2.24. The van der Waals surface area contributed by atoms with E-state index in [0.29, 0.717) is 23.6 Å². The number of benzene rings is 2. The normalized spacial score (nSPS) is 10.5. The van der Waals surface area contributed by atoms with Gasteiger partial charge in [-0.3, -0.25) is 0 Å². The lowest BCUT2D eigenvalue weighted by atomic mass is 10.2. The molecule has 23 heavy (non-hydrogen) atoms. The molecule has 0 saturated heterocycles. The highest BCUT2D eigenvalue weighted by molar-refractivity contribution is 5.91. The Morgan fingerprint density at radius 2 is 2.04 bits per heavy atom. The van der Waals surface area contributed by atoms with Gasteiger partial charge in [0, 0.05) is 11.3 Å². The number of phenolic OH excluding ortho intramolecular Hbond substituents is 1. The molecule has 0 atom stereocenters. The topological polar surface area (TPSA) is 83.0 Å². The third kappa shape index (κ3) is 4.47. The van der Waals surface area contributed by atoms with E-state index < -0.39 is 6.03 Å². The van der Waals surface area contributed by atoms with Gasteiger partial charge in [-0.2, -0.15) is 5.10 Å². The van der Waals surface area contributed by atoms with Gasteiger partial charge < -0.3 is 15.2 Å². The first-order valence-corrected chi connectivity index (χ1v) is 7.22. The Balaban J connectivity index is 1.98. The number of ether oxygens (including phenoxy) is 1. The molecule has 0 aromatic heterocycles. The second-order valence-corrected chi connectivity index (χ2v) is 4.77. The highest BCUT2D eigenvalue weighted by atomic mass is 16.5. The minimum Gasteiger partial charge on any atom is -0.504 e. The number of nitrogens with zero attached hydrogens (tertiary/aromatic N) is 1. The Bertz CT molecular complexity index is 714. The summed E-state index contributed by atoms with van der Waals surface area (Å²) >= 11 is 0. The maximum Gasteiger partial charge on any atom is 0.339 e. The van der Waals surface area contributed by atoms with Crippen molar-refractivity contribution in [2.45, 2.75) is 13.8 Å². The molecule has 0 aliphatic carbocycles. The van der Waals surface area contributed by atoms with Crippen LogP contribution < -0.4 is 15.5 Å². The van der Waals surface area contributed by atoms with E-state index in [1.54, 1.807) is 24.3 Å². The zero-order valence-electron chi connectivity index (χ0n) is 13.0. The number of hydrazone groups is 1. The first-order chi connectivity index (χ1) is 11.1. The largest absolute Gasteiger partial charge is 0.504 e. The predicted molar refractivity (Wildman–Crippen MR) is 90.2 cm³/mol. The van der Waals surface area contributed by atoms with E-state index in [9.17, 15) is 9.90 Å². The third-order valence-electron chi connectivity index (χ3n) is 3.09. The van der Waals surface area contributed by atoms with Gasteiger partial charge in [0.1, 0.15) is 0 Å². The number of nitrogens with one attached hydrogen (secondary N) is 2. The molecule has 0 aliphatic rings. The van der Waals surface area contributed by atoms with Gasteiger partial charge in [-0.15, -0.1) is 0 Å². The van der Waals surface area contributed by atoms with Gasteiger partial charge in [0.15, 0.2) is 11.5 Å². The molecule has 0 fully saturated rings. The van der Waals surface area contributed by atoms with E-state index in [2.05, 4.69) is 15.8 Å². The Morgan fingerprint density at radius 3 is 2.78 bits per heavy atom. The summed E-state index contributed by atoms with van der Waals surface area (Å²) in [6, 6.07) is 12.0. The van der Waals surface area contributed by atoms with Crippen LogP contribution in [0.3, 0.4) is 0 Å². The lowest BCUT2D eigenvalue weighted by Gasteiger charge is -2.08. The number of rotatable bonds is 5. The number of hydrogen-bond donors (Lipinski definition) is 3. The molecule has 0 saturated carbocycles. The molecule has 0 unspecified atom stereocenters. The fourth-order valence-electron chi connectivity index (χ4n) is 1.94. The van der Waals surface area contributed by atoms with Gasteiger partial charge in [-0.25, -0.2) is 10.2 Å². The van der Waals surface area contributed by atoms with E-state index in [0.717, 1.165) is 5.56 Å². The quantitative estimate of drug-likeness (QED) is 0.585. The fraction of sp³-hybridized carbons (Fsp3) is 0.176. The van der Waals surface area contributed by atoms with Gasteiger partial charge >= 0.3 is 6.03 Å². The Morgan fingerprint density at radius 1 is 1.26 bits per heavy atom. The van der Waals surface area contributed by atoms with Crippen LogP contribution in [0.25, 0.3) is 0 Å². The van der Waals surface area contributed by atoms with Gasteiger partial charge in [-0.05, 0) is 37.6 Å². The van der Waals surface area contributed by atoms with E-state index in [1.165, 1.54) is 6.21 Å². The van der Waals surface area contributed by atoms with Crippen molar-refractivity contribution in [3.05, 3.63) is 53.6 Å². The monoisotopic (exact) mass is 313 g/mol. The smallest absolute Gasteiger partial charge is 0.339 e. The lowest BCUT2D eigenvalue weighted by molar-refractivity contribution is 0.252. The number of amides is 2. The minimum absolute atomic E-state index is 0.0146. The van der Waals surface area contributed by atoms with Crippen molar-refractivity contribution < 1.29 is 14.6 Å². The van der Waals surface area contributed by atoms with E-state index in [1.807, 2.05) is 32.0 Å². The van der Waals surface area contributed by atoms with Crippen molar-refractivity contribution in [2.24, 2.45) is 5.10 Å². The molecule has 6 nitrogen and oxygen atoms in total. The number of para-hydroxylation sites is 2. The van der Waals surface area contributed by atoms with Crippen molar-refractivity contribution in [3.63, 3.8) is 0 Å². The zero-order valence-corrected chi connectivity index (χ0v) is 13.0. The SMILES string of the molecule is CCOc1cccc(/C=N/NC(=O)Nc2ccccc2C)c1O. The molecule has 0 bridgehead atoms. The van der Waals surface area contributed by atoms with Gasteiger partial charge in [0.05, 0.1) is 12.8 Å². The van der Waals surface area contributed by atoms with E-state index in [4.69, 9.17) is 4.74 Å². The molecule has 0 spiro atoms. The second-order valence-electron chi connectivity index (χ2n) is 4.77. The van der Waals surface area contributed by atoms with Crippen molar-refractivity contribution >= 4 is 17.9 Å². The number of urea groups is 1. The average molecular weight is 313 g/mol. The van der Waals surface area contributed by atoms with Gasteiger partial charge in [-0.1, -0.05) is 24.3 Å². The Kier molecular flexibility index (Phi) is 5.57. The molecule has 120 valence electrons. The molecule has 0 heterocycles. The molecule has 0 radical (unpaired) electrons. The number of carbonyl (C=O) groups excluding carboxylic acids is 1. The van der Waals surface area contributed by atoms with Crippen molar-refractivity contribution in [2.75, 3.05) is 11.9 Å². The summed E-state index contributed by atoms with van der Waals surface area (Å²) in [5.74, 6) is 0.361. The van der Waals surface area contributed by atoms with Crippen molar-refractivity contribution in [1.29, 1.82) is 0 Å². The number of anilines is 1. The summed E-state index contributed by atoms with van der Waals surface area (Å²) in [5.41, 5.74) is 4.47. The summed E-state index contributed by atoms with van der Waals surface area (Å²) in [6.07, 6.45) is 1.36. The van der Waals surface area contributed by atoms with Crippen LogP contribution in [0, 0.1) is 6.92 Å². The summed E-state index contributed by atoms with van der Waals surface area (Å²) in [5, 5.41) is 16.5. The summed E-state index contributed by atoms with van der Waals surface area (Å²) < 4.78 is 5.29. The average Bonchev–Trinajstić information content (AvgIpc) is 2.53. The van der Waals surface area contributed by atoms with Crippen LogP contribution in [0.1, 0.15) is 18.1 Å². The van der Waals surface area contributed by atoms with Crippen LogP contribution in [0.15, 0.2) is 47.6 Å². The maximum absolute atomic E-state index is 11.8. The number of carbonyl (C=O) groups is 1. The van der Waals surface area contributed by atoms with Gasteiger partial charge in [0.25, 0.3) is 0 Å². The summed E-state index contributed by atoms with van der Waals surface area (Å²) in [7, 11) is 0. The Hall–Kier alpha value is -3.02. The van der Waals surface area contributed by atoms with Crippen molar-refractivity contribution in [1.82, 2.24) is 5.43 Å². The minimum atomic E-state index is -0.462. The van der Waals surface area contributed by atoms with Crippen LogP contribution in [0.4, 0.5) is 10.5 Å². The molecule has 0 aliphatic heterocycles. The van der Waals surface area contributed by atoms with E-state index >= 15 is 0 Å². The number of hydrogen-bond acceptors (Lipinski definition) is 4. The molecular weight excluding hydrogens is 294 g/mol. The standard InChI is InChI=1S/C17H19N3O3/c1-3-23-15-10-6-8-13(16(15)21)11-18-20-17(22)19-14-9-5-4-7-12(14)2/h4-11,21H,3H2,1-2H3,(H2,19,20,22)/b18-11+. The van der Waals surface area contributed by atoms with Crippen molar-refractivity contribution in [3.8, 4) is 11.5 Å². The highest BCUT2D eigenvalue weighted by Gasteiger charge is 2.06. The first kappa shape index (κ1) is 16.4. The van der Waals surface area contributed by atoms with Gasteiger partial charge in [0.2, 0.25) is 0 Å².